The molecule has 0 atom stereocenters. The van der Waals surface area contributed by atoms with Crippen molar-refractivity contribution in [2.75, 3.05) is 7.11 Å². The summed E-state index contributed by atoms with van der Waals surface area (Å²) in [5, 5.41) is 0.155. The second kappa shape index (κ2) is 11.5. The number of benzene rings is 4. The predicted molar refractivity (Wildman–Crippen MR) is 136 cm³/mol. The molecule has 0 aliphatic rings. The van der Waals surface area contributed by atoms with E-state index in [9.17, 15) is 14.0 Å². The Kier molecular flexibility index (Phi) is 7.98. The molecule has 1 amide bonds. The third-order valence-corrected chi connectivity index (χ3v) is 5.79. The van der Waals surface area contributed by atoms with E-state index in [2.05, 4.69) is 0 Å². The molecule has 4 aromatic rings. The van der Waals surface area contributed by atoms with Gasteiger partial charge >= 0.3 is 5.97 Å². The van der Waals surface area contributed by atoms with Gasteiger partial charge in [-0.1, -0.05) is 60.1 Å². The lowest BCUT2D eigenvalue weighted by Gasteiger charge is -2.23. The molecule has 0 aliphatic carbocycles. The summed E-state index contributed by atoms with van der Waals surface area (Å²) >= 11 is 6.04. The van der Waals surface area contributed by atoms with Crippen LogP contribution in [-0.2, 0) is 17.8 Å². The monoisotopic (exact) mass is 503 g/mol. The molecular formula is C29H23ClFNO4. The van der Waals surface area contributed by atoms with Crippen LogP contribution >= 0.6 is 11.6 Å². The van der Waals surface area contributed by atoms with Crippen molar-refractivity contribution in [2.24, 2.45) is 0 Å². The summed E-state index contributed by atoms with van der Waals surface area (Å²) in [5.74, 6) is -0.898. The molecule has 4 rings (SSSR count). The lowest BCUT2D eigenvalue weighted by atomic mass is 10.1. The van der Waals surface area contributed by atoms with Gasteiger partial charge in [-0.05, 0) is 59.7 Å². The zero-order valence-corrected chi connectivity index (χ0v) is 20.2. The highest BCUT2D eigenvalue weighted by atomic mass is 35.5. The van der Waals surface area contributed by atoms with Crippen LogP contribution in [0.3, 0.4) is 0 Å². The summed E-state index contributed by atoms with van der Waals surface area (Å²) in [7, 11) is 1.33. The van der Waals surface area contributed by atoms with Crippen molar-refractivity contribution in [3.8, 4) is 11.5 Å². The average Bonchev–Trinajstić information content (AvgIpc) is 2.91. The van der Waals surface area contributed by atoms with E-state index < -0.39 is 11.8 Å². The number of carbonyl (C=O) groups excluding carboxylic acids is 2. The van der Waals surface area contributed by atoms with E-state index >= 15 is 0 Å². The van der Waals surface area contributed by atoms with E-state index in [0.29, 0.717) is 30.0 Å². The summed E-state index contributed by atoms with van der Waals surface area (Å²) in [4.78, 5) is 26.9. The van der Waals surface area contributed by atoms with Crippen molar-refractivity contribution in [3.05, 3.63) is 130 Å². The van der Waals surface area contributed by atoms with E-state index in [0.717, 1.165) is 11.1 Å². The zero-order valence-electron chi connectivity index (χ0n) is 19.5. The first-order chi connectivity index (χ1) is 17.4. The van der Waals surface area contributed by atoms with Crippen molar-refractivity contribution in [1.82, 2.24) is 4.90 Å². The van der Waals surface area contributed by atoms with Gasteiger partial charge in [0, 0.05) is 18.7 Å². The van der Waals surface area contributed by atoms with Gasteiger partial charge in [0.25, 0.3) is 5.91 Å². The molecule has 7 heteroatoms. The summed E-state index contributed by atoms with van der Waals surface area (Å²) < 4.78 is 24.4. The van der Waals surface area contributed by atoms with Gasteiger partial charge in [-0.25, -0.2) is 9.18 Å². The normalized spacial score (nSPS) is 10.5. The van der Waals surface area contributed by atoms with Gasteiger partial charge in [0.05, 0.1) is 17.7 Å². The van der Waals surface area contributed by atoms with Crippen LogP contribution in [0.2, 0.25) is 5.02 Å². The quantitative estimate of drug-likeness (QED) is 0.245. The summed E-state index contributed by atoms with van der Waals surface area (Å²) in [6.07, 6.45) is 0. The van der Waals surface area contributed by atoms with Gasteiger partial charge in [-0.2, -0.15) is 0 Å². The highest BCUT2D eigenvalue weighted by molar-refractivity contribution is 6.32. The van der Waals surface area contributed by atoms with Gasteiger partial charge in [-0.3, -0.25) is 4.79 Å². The Morgan fingerprint density at radius 1 is 0.778 bits per heavy atom. The van der Waals surface area contributed by atoms with Crippen LogP contribution in [0.5, 0.6) is 11.5 Å². The molecule has 0 saturated carbocycles. The van der Waals surface area contributed by atoms with Crippen LogP contribution in [0.4, 0.5) is 4.39 Å². The first-order valence-electron chi connectivity index (χ1n) is 11.2. The van der Waals surface area contributed by atoms with Crippen LogP contribution in [0, 0.1) is 5.82 Å². The first kappa shape index (κ1) is 24.9. The number of hydrogen-bond donors (Lipinski definition) is 0. The van der Waals surface area contributed by atoms with E-state index in [1.807, 2.05) is 30.3 Å². The van der Waals surface area contributed by atoms with Crippen molar-refractivity contribution in [1.29, 1.82) is 0 Å². The molecule has 0 N–H and O–H groups in total. The zero-order chi connectivity index (χ0) is 25.5. The maximum atomic E-state index is 14.1. The average molecular weight is 504 g/mol. The molecule has 5 nitrogen and oxygen atoms in total. The number of nitrogens with zero attached hydrogens (tertiary/aromatic N) is 1. The third kappa shape index (κ3) is 6.09. The molecule has 0 aromatic heterocycles. The number of hydrogen-bond acceptors (Lipinski definition) is 4. The highest BCUT2D eigenvalue weighted by Gasteiger charge is 2.18. The van der Waals surface area contributed by atoms with Crippen molar-refractivity contribution in [2.45, 2.75) is 13.1 Å². The Morgan fingerprint density at radius 3 is 2.00 bits per heavy atom. The minimum atomic E-state index is -0.574. The third-order valence-electron chi connectivity index (χ3n) is 5.49. The van der Waals surface area contributed by atoms with Gasteiger partial charge in [-0.15, -0.1) is 0 Å². The molecule has 4 aromatic carbocycles. The summed E-state index contributed by atoms with van der Waals surface area (Å²) in [6, 6.07) is 27.4. The molecule has 182 valence electrons. The molecule has 0 fully saturated rings. The number of carbonyl (C=O) groups is 2. The molecule has 0 aliphatic heterocycles. The van der Waals surface area contributed by atoms with Gasteiger partial charge in [0.2, 0.25) is 0 Å². The molecule has 0 spiro atoms. The predicted octanol–water partition coefficient (Wildman–Crippen LogP) is 6.90. The first-order valence-corrected chi connectivity index (χ1v) is 11.5. The number of methoxy groups -OCH3 is 1. The van der Waals surface area contributed by atoms with E-state index in [4.69, 9.17) is 21.1 Å². The van der Waals surface area contributed by atoms with Crippen molar-refractivity contribution < 1.29 is 23.5 Å². The molecule has 0 radical (unpaired) electrons. The van der Waals surface area contributed by atoms with Crippen molar-refractivity contribution >= 4 is 23.5 Å². The lowest BCUT2D eigenvalue weighted by molar-refractivity contribution is 0.0600. The van der Waals surface area contributed by atoms with Gasteiger partial charge < -0.3 is 14.4 Å². The minimum Gasteiger partial charge on any atom is -0.465 e. The lowest BCUT2D eigenvalue weighted by Crippen LogP contribution is -2.30. The van der Waals surface area contributed by atoms with Crippen molar-refractivity contribution in [3.63, 3.8) is 0 Å². The largest absolute Gasteiger partial charge is 0.465 e. The number of ether oxygens (including phenoxy) is 2. The van der Waals surface area contributed by atoms with Crippen LogP contribution in [-0.4, -0.2) is 23.9 Å². The Balaban J connectivity index is 1.54. The highest BCUT2D eigenvalue weighted by Crippen LogP contribution is 2.32. The summed E-state index contributed by atoms with van der Waals surface area (Å²) in [5.41, 5.74) is 2.73. The smallest absolute Gasteiger partial charge is 0.337 e. The van der Waals surface area contributed by atoms with E-state index in [1.54, 1.807) is 53.4 Å². The number of para-hydroxylation sites is 1. The van der Waals surface area contributed by atoms with Crippen LogP contribution < -0.4 is 4.74 Å². The maximum Gasteiger partial charge on any atom is 0.337 e. The van der Waals surface area contributed by atoms with Gasteiger partial charge in [0.15, 0.2) is 11.6 Å². The SMILES string of the molecule is COC(=O)c1ccc(CN(Cc2ccccc2)C(=O)c2ccc(Oc3c(F)cccc3Cl)cc2)cc1. The Morgan fingerprint density at radius 2 is 1.39 bits per heavy atom. The maximum absolute atomic E-state index is 14.1. The number of rotatable bonds is 8. The Bertz CT molecular complexity index is 1320. The molecule has 0 bridgehead atoms. The van der Waals surface area contributed by atoms with Crippen LogP contribution in [0.1, 0.15) is 31.8 Å². The standard InChI is InChI=1S/C29H23ClFNO4/c1-35-29(34)23-12-10-21(11-13-23)19-32(18-20-6-3-2-4-7-20)28(33)22-14-16-24(17-15-22)36-27-25(30)8-5-9-26(27)31/h2-17H,18-19H2,1H3. The number of halogens is 2. The summed E-state index contributed by atoms with van der Waals surface area (Å²) in [6.45, 7) is 0.722. The molecule has 0 unspecified atom stereocenters. The van der Waals surface area contributed by atoms with E-state index in [1.165, 1.54) is 25.3 Å². The fraction of sp³-hybridized carbons (Fsp3) is 0.103. The topological polar surface area (TPSA) is 55.8 Å². The minimum absolute atomic E-state index is 0.0700. The molecule has 0 heterocycles. The second-order valence-corrected chi connectivity index (χ2v) is 8.42. The Labute approximate surface area is 213 Å². The Hall–Kier alpha value is -4.16. The van der Waals surface area contributed by atoms with Gasteiger partial charge in [0.1, 0.15) is 5.75 Å². The molecular weight excluding hydrogens is 481 g/mol. The molecule has 36 heavy (non-hydrogen) atoms. The fourth-order valence-electron chi connectivity index (χ4n) is 3.63. The van der Waals surface area contributed by atoms with E-state index in [-0.39, 0.29) is 16.7 Å². The number of esters is 1. The van der Waals surface area contributed by atoms with Crippen LogP contribution in [0.15, 0.2) is 97.1 Å². The fourth-order valence-corrected chi connectivity index (χ4v) is 3.84. The second-order valence-electron chi connectivity index (χ2n) is 8.01. The number of amides is 1. The van der Waals surface area contributed by atoms with Crippen LogP contribution in [0.25, 0.3) is 0 Å². The molecule has 0 saturated heterocycles.